The molecule has 0 aliphatic heterocycles. The molecule has 0 radical (unpaired) electrons. The van der Waals surface area contributed by atoms with Crippen molar-refractivity contribution in [2.75, 3.05) is 5.73 Å². The van der Waals surface area contributed by atoms with Crippen LogP contribution in [-0.2, 0) is 6.42 Å². The van der Waals surface area contributed by atoms with Crippen LogP contribution in [0.3, 0.4) is 0 Å². The average Bonchev–Trinajstić information content (AvgIpc) is 2.55. The van der Waals surface area contributed by atoms with E-state index in [1.54, 1.807) is 6.20 Å². The maximum atomic E-state index is 11.3. The number of aromatic amines is 1. The first-order valence-electron chi connectivity index (χ1n) is 7.23. The van der Waals surface area contributed by atoms with E-state index in [0.717, 1.165) is 34.4 Å². The van der Waals surface area contributed by atoms with Gasteiger partial charge in [-0.15, -0.1) is 12.4 Å². The molecular formula is C18H18ClN3O. The van der Waals surface area contributed by atoms with Gasteiger partial charge in [-0.2, -0.15) is 0 Å². The van der Waals surface area contributed by atoms with Gasteiger partial charge in [0, 0.05) is 17.8 Å². The monoisotopic (exact) mass is 327 g/mol. The second-order valence-corrected chi connectivity index (χ2v) is 5.07. The highest BCUT2D eigenvalue weighted by Crippen LogP contribution is 2.33. The predicted octanol–water partition coefficient (Wildman–Crippen LogP) is 3.67. The Morgan fingerprint density at radius 1 is 1.00 bits per heavy atom. The molecule has 2 heterocycles. The molecule has 0 unspecified atom stereocenters. The number of aryl methyl sites for hydroxylation is 1. The normalized spacial score (nSPS) is 10.1. The number of pyridine rings is 2. The van der Waals surface area contributed by atoms with Crippen LogP contribution in [0.15, 0.2) is 59.5 Å². The molecule has 0 saturated heterocycles. The first kappa shape index (κ1) is 16.8. The highest BCUT2D eigenvalue weighted by atomic mass is 35.5. The van der Waals surface area contributed by atoms with Gasteiger partial charge in [0.2, 0.25) is 5.56 Å². The summed E-state index contributed by atoms with van der Waals surface area (Å²) in [5.74, 6) is 0.530. The standard InChI is InChI=1S/C18H17N3O.ClH/c1-2-16-15(8-9-17(19)21-16)14-6-4-3-5-13(14)12-7-10-18(22)20-11-12;/h3-11H,2H2,1H3,(H2,19,21)(H,20,22);1H. The maximum Gasteiger partial charge on any atom is 0.247 e. The van der Waals surface area contributed by atoms with Gasteiger partial charge in [0.1, 0.15) is 5.82 Å². The Hall–Kier alpha value is -2.59. The number of halogens is 1. The lowest BCUT2D eigenvalue weighted by Crippen LogP contribution is -2.02. The molecule has 0 aliphatic rings. The molecule has 0 spiro atoms. The second kappa shape index (κ2) is 7.11. The molecule has 0 aliphatic carbocycles. The van der Waals surface area contributed by atoms with Crippen molar-refractivity contribution < 1.29 is 0 Å². The quantitative estimate of drug-likeness (QED) is 0.771. The fourth-order valence-corrected chi connectivity index (χ4v) is 2.58. The Balaban J connectivity index is 0.00000192. The van der Waals surface area contributed by atoms with Crippen molar-refractivity contribution in [3.05, 3.63) is 70.8 Å². The summed E-state index contributed by atoms with van der Waals surface area (Å²) in [5, 5.41) is 0. The summed E-state index contributed by atoms with van der Waals surface area (Å²) in [5.41, 5.74) is 10.8. The summed E-state index contributed by atoms with van der Waals surface area (Å²) < 4.78 is 0. The van der Waals surface area contributed by atoms with Crippen LogP contribution < -0.4 is 11.3 Å². The van der Waals surface area contributed by atoms with Crippen molar-refractivity contribution >= 4 is 18.2 Å². The summed E-state index contributed by atoms with van der Waals surface area (Å²) in [6, 6.07) is 15.3. The number of benzene rings is 1. The number of nitrogens with one attached hydrogen (secondary N) is 1. The summed E-state index contributed by atoms with van der Waals surface area (Å²) in [6.45, 7) is 2.06. The fraction of sp³-hybridized carbons (Fsp3) is 0.111. The summed E-state index contributed by atoms with van der Waals surface area (Å²) in [7, 11) is 0. The minimum atomic E-state index is -0.107. The number of nitrogens with two attached hydrogens (primary N) is 1. The molecule has 0 amide bonds. The Kier molecular flexibility index (Phi) is 5.19. The Morgan fingerprint density at radius 2 is 1.74 bits per heavy atom. The third kappa shape index (κ3) is 3.43. The molecule has 4 nitrogen and oxygen atoms in total. The first-order chi connectivity index (χ1) is 10.7. The number of hydrogen-bond donors (Lipinski definition) is 2. The van der Waals surface area contributed by atoms with Crippen LogP contribution in [-0.4, -0.2) is 9.97 Å². The van der Waals surface area contributed by atoms with E-state index >= 15 is 0 Å². The van der Waals surface area contributed by atoms with E-state index in [4.69, 9.17) is 5.73 Å². The van der Waals surface area contributed by atoms with Crippen LogP contribution in [0.25, 0.3) is 22.3 Å². The van der Waals surface area contributed by atoms with E-state index in [2.05, 4.69) is 23.0 Å². The largest absolute Gasteiger partial charge is 0.384 e. The molecule has 3 aromatic rings. The molecule has 118 valence electrons. The minimum absolute atomic E-state index is 0. The van der Waals surface area contributed by atoms with E-state index in [-0.39, 0.29) is 18.0 Å². The lowest BCUT2D eigenvalue weighted by molar-refractivity contribution is 1.04. The van der Waals surface area contributed by atoms with Crippen molar-refractivity contribution in [3.63, 3.8) is 0 Å². The fourth-order valence-electron chi connectivity index (χ4n) is 2.58. The van der Waals surface area contributed by atoms with Gasteiger partial charge in [-0.05, 0) is 41.3 Å². The number of H-pyrrole nitrogens is 1. The molecule has 1 aromatic carbocycles. The highest BCUT2D eigenvalue weighted by Gasteiger charge is 2.11. The molecule has 2 aromatic heterocycles. The SMILES string of the molecule is CCc1nc(N)ccc1-c1ccccc1-c1ccc(=O)[nH]c1.Cl. The number of aromatic nitrogens is 2. The number of nitrogen functional groups attached to an aromatic ring is 1. The van der Waals surface area contributed by atoms with E-state index in [9.17, 15) is 4.79 Å². The van der Waals surface area contributed by atoms with Crippen molar-refractivity contribution in [3.8, 4) is 22.3 Å². The Morgan fingerprint density at radius 3 is 2.39 bits per heavy atom. The Labute approximate surface area is 140 Å². The molecule has 3 N–H and O–H groups in total. The average molecular weight is 328 g/mol. The molecule has 5 heteroatoms. The topological polar surface area (TPSA) is 71.8 Å². The van der Waals surface area contributed by atoms with Gasteiger partial charge in [0.15, 0.2) is 0 Å². The van der Waals surface area contributed by atoms with E-state index < -0.39 is 0 Å². The van der Waals surface area contributed by atoms with Crippen molar-refractivity contribution in [2.24, 2.45) is 0 Å². The second-order valence-electron chi connectivity index (χ2n) is 5.07. The number of anilines is 1. The zero-order chi connectivity index (χ0) is 15.5. The third-order valence-corrected chi connectivity index (χ3v) is 3.64. The van der Waals surface area contributed by atoms with Crippen LogP contribution in [0.1, 0.15) is 12.6 Å². The van der Waals surface area contributed by atoms with Gasteiger partial charge in [0.25, 0.3) is 0 Å². The molecule has 0 saturated carbocycles. The third-order valence-electron chi connectivity index (χ3n) is 3.64. The summed E-state index contributed by atoms with van der Waals surface area (Å²) in [4.78, 5) is 18.4. The van der Waals surface area contributed by atoms with Crippen LogP contribution in [0.4, 0.5) is 5.82 Å². The van der Waals surface area contributed by atoms with Crippen LogP contribution in [0, 0.1) is 0 Å². The van der Waals surface area contributed by atoms with Crippen LogP contribution in [0.2, 0.25) is 0 Å². The number of hydrogen-bond acceptors (Lipinski definition) is 3. The zero-order valence-corrected chi connectivity index (χ0v) is 13.6. The van der Waals surface area contributed by atoms with Gasteiger partial charge in [0.05, 0.1) is 5.69 Å². The van der Waals surface area contributed by atoms with Crippen molar-refractivity contribution in [1.29, 1.82) is 0 Å². The van der Waals surface area contributed by atoms with Crippen molar-refractivity contribution in [2.45, 2.75) is 13.3 Å². The van der Waals surface area contributed by atoms with Gasteiger partial charge in [-0.25, -0.2) is 4.98 Å². The Bertz CT molecular complexity index is 854. The van der Waals surface area contributed by atoms with Crippen LogP contribution >= 0.6 is 12.4 Å². The van der Waals surface area contributed by atoms with E-state index in [0.29, 0.717) is 5.82 Å². The zero-order valence-electron chi connectivity index (χ0n) is 12.7. The molecule has 3 rings (SSSR count). The highest BCUT2D eigenvalue weighted by molar-refractivity contribution is 5.85. The smallest absolute Gasteiger partial charge is 0.247 e. The van der Waals surface area contributed by atoms with E-state index in [1.165, 1.54) is 6.07 Å². The van der Waals surface area contributed by atoms with Gasteiger partial charge >= 0.3 is 0 Å². The lowest BCUT2D eigenvalue weighted by atomic mass is 9.94. The first-order valence-corrected chi connectivity index (χ1v) is 7.23. The van der Waals surface area contributed by atoms with E-state index in [1.807, 2.05) is 36.4 Å². The predicted molar refractivity (Wildman–Crippen MR) is 96.8 cm³/mol. The molecule has 0 bridgehead atoms. The summed E-state index contributed by atoms with van der Waals surface area (Å²) in [6.07, 6.45) is 2.54. The maximum absolute atomic E-state index is 11.3. The van der Waals surface area contributed by atoms with Gasteiger partial charge in [-0.1, -0.05) is 31.2 Å². The molecule has 0 fully saturated rings. The minimum Gasteiger partial charge on any atom is -0.384 e. The number of rotatable bonds is 3. The van der Waals surface area contributed by atoms with Gasteiger partial charge < -0.3 is 10.7 Å². The molecular weight excluding hydrogens is 310 g/mol. The number of nitrogens with zero attached hydrogens (tertiary/aromatic N) is 1. The summed E-state index contributed by atoms with van der Waals surface area (Å²) >= 11 is 0. The van der Waals surface area contributed by atoms with Crippen LogP contribution in [0.5, 0.6) is 0 Å². The van der Waals surface area contributed by atoms with Crippen molar-refractivity contribution in [1.82, 2.24) is 9.97 Å². The molecule has 23 heavy (non-hydrogen) atoms. The molecule has 0 atom stereocenters. The lowest BCUT2D eigenvalue weighted by Gasteiger charge is -2.13. The van der Waals surface area contributed by atoms with Gasteiger partial charge in [-0.3, -0.25) is 4.79 Å².